The number of carbonyl (C=O) groups is 1. The monoisotopic (exact) mass is 331 g/mol. The summed E-state index contributed by atoms with van der Waals surface area (Å²) in [6.07, 6.45) is 1.70. The average Bonchev–Trinajstić information content (AvgIpc) is 3.00. The zero-order valence-electron chi connectivity index (χ0n) is 12.3. The second-order valence-corrected chi connectivity index (χ2v) is 5.37. The first kappa shape index (κ1) is 15.2. The number of benzene rings is 1. The molecule has 0 aliphatic heterocycles. The van der Waals surface area contributed by atoms with Crippen LogP contribution in [0.1, 0.15) is 16.1 Å². The molecule has 2 aromatic heterocycles. The van der Waals surface area contributed by atoms with Crippen LogP contribution >= 0.6 is 11.6 Å². The van der Waals surface area contributed by atoms with Gasteiger partial charge >= 0.3 is 5.97 Å². The summed E-state index contributed by atoms with van der Waals surface area (Å²) in [5.74, 6) is 0.0889. The van der Waals surface area contributed by atoms with Crippen molar-refractivity contribution in [3.05, 3.63) is 64.9 Å². The quantitative estimate of drug-likeness (QED) is 0.770. The van der Waals surface area contributed by atoms with Crippen molar-refractivity contribution in [2.45, 2.75) is 6.61 Å². The Hall–Kier alpha value is -2.66. The fraction of sp³-hybridized carbons (Fsp3) is 0.118. The molecule has 3 aromatic rings. The predicted octanol–water partition coefficient (Wildman–Crippen LogP) is 3.88. The highest BCUT2D eigenvalue weighted by atomic mass is 35.5. The first-order valence-electron chi connectivity index (χ1n) is 6.88. The molecule has 0 aliphatic carbocycles. The zero-order valence-corrected chi connectivity index (χ0v) is 13.1. The zero-order chi connectivity index (χ0) is 16.4. The molecule has 0 saturated carbocycles. The van der Waals surface area contributed by atoms with E-state index in [2.05, 4.69) is 0 Å². The molecule has 5 nitrogen and oxygen atoms in total. The molecule has 0 atom stereocenters. The second-order valence-electron chi connectivity index (χ2n) is 4.93. The minimum Gasteiger partial charge on any atom is -0.496 e. The number of rotatable bonds is 5. The second kappa shape index (κ2) is 6.22. The fourth-order valence-corrected chi connectivity index (χ4v) is 2.53. The summed E-state index contributed by atoms with van der Waals surface area (Å²) in [6, 6.07) is 12.2. The summed E-state index contributed by atoms with van der Waals surface area (Å²) in [5, 5.41) is 9.89. The molecular weight excluding hydrogens is 318 g/mol. The maximum atomic E-state index is 11.4. The van der Waals surface area contributed by atoms with E-state index in [4.69, 9.17) is 21.1 Å². The number of ether oxygens (including phenoxy) is 2. The smallest absolute Gasteiger partial charge is 0.353 e. The van der Waals surface area contributed by atoms with Gasteiger partial charge in [0.15, 0.2) is 0 Å². The highest BCUT2D eigenvalue weighted by molar-refractivity contribution is 6.30. The van der Waals surface area contributed by atoms with Gasteiger partial charge in [-0.2, -0.15) is 0 Å². The highest BCUT2D eigenvalue weighted by Gasteiger charge is 2.12. The molecule has 1 N–H and O–H groups in total. The number of hydrogen-bond donors (Lipinski definition) is 1. The van der Waals surface area contributed by atoms with Gasteiger partial charge in [-0.1, -0.05) is 17.7 Å². The number of aromatic carboxylic acids is 1. The molecule has 118 valence electrons. The lowest BCUT2D eigenvalue weighted by Crippen LogP contribution is -2.06. The van der Waals surface area contributed by atoms with E-state index in [1.165, 1.54) is 6.07 Å². The van der Waals surface area contributed by atoms with Crippen molar-refractivity contribution in [1.29, 1.82) is 0 Å². The van der Waals surface area contributed by atoms with Crippen LogP contribution in [0.2, 0.25) is 5.02 Å². The van der Waals surface area contributed by atoms with Crippen molar-refractivity contribution in [2.24, 2.45) is 0 Å². The lowest BCUT2D eigenvalue weighted by atomic mass is 10.2. The van der Waals surface area contributed by atoms with Crippen molar-refractivity contribution in [3.8, 4) is 11.5 Å². The minimum atomic E-state index is -1.01. The number of aromatic nitrogens is 1. The van der Waals surface area contributed by atoms with Gasteiger partial charge in [0.1, 0.15) is 23.8 Å². The number of nitrogens with zero attached hydrogens (tertiary/aromatic N) is 1. The van der Waals surface area contributed by atoms with Crippen molar-refractivity contribution in [3.63, 3.8) is 0 Å². The Labute approximate surface area is 137 Å². The predicted molar refractivity (Wildman–Crippen MR) is 86.7 cm³/mol. The minimum absolute atomic E-state index is 0.144. The van der Waals surface area contributed by atoms with E-state index in [1.54, 1.807) is 42.0 Å². The molecule has 0 bridgehead atoms. The van der Waals surface area contributed by atoms with E-state index in [1.807, 2.05) is 12.1 Å². The van der Waals surface area contributed by atoms with Crippen LogP contribution < -0.4 is 9.47 Å². The molecular formula is C17H14ClNO4. The lowest BCUT2D eigenvalue weighted by molar-refractivity contribution is 0.0688. The number of carboxylic acids is 1. The first-order valence-corrected chi connectivity index (χ1v) is 7.26. The number of methoxy groups -OCH3 is 1. The maximum absolute atomic E-state index is 11.4. The summed E-state index contributed by atoms with van der Waals surface area (Å²) >= 11 is 5.93. The molecule has 0 saturated heterocycles. The van der Waals surface area contributed by atoms with Gasteiger partial charge in [-0.3, -0.25) is 0 Å². The van der Waals surface area contributed by atoms with E-state index in [9.17, 15) is 9.90 Å². The molecule has 0 radical (unpaired) electrons. The average molecular weight is 332 g/mol. The van der Waals surface area contributed by atoms with Crippen LogP contribution in [0.4, 0.5) is 0 Å². The molecule has 2 heterocycles. The van der Waals surface area contributed by atoms with Gasteiger partial charge in [0, 0.05) is 34.4 Å². The van der Waals surface area contributed by atoms with Crippen LogP contribution in [0, 0.1) is 0 Å². The Morgan fingerprint density at radius 3 is 2.83 bits per heavy atom. The molecule has 6 heteroatoms. The van der Waals surface area contributed by atoms with Crippen LogP contribution in [0.3, 0.4) is 0 Å². The van der Waals surface area contributed by atoms with Crippen LogP contribution in [0.15, 0.2) is 48.7 Å². The van der Waals surface area contributed by atoms with E-state index < -0.39 is 5.97 Å². The SMILES string of the molecule is COc1cc(Cl)ccc1COc1cc(C(=O)O)n2cccc2c1. The van der Waals surface area contributed by atoms with E-state index in [-0.39, 0.29) is 12.3 Å². The summed E-state index contributed by atoms with van der Waals surface area (Å²) < 4.78 is 12.6. The van der Waals surface area contributed by atoms with Crippen molar-refractivity contribution < 1.29 is 19.4 Å². The molecule has 0 unspecified atom stereocenters. The van der Waals surface area contributed by atoms with Crippen LogP contribution in [0.25, 0.3) is 5.52 Å². The van der Waals surface area contributed by atoms with Gasteiger partial charge in [0.25, 0.3) is 0 Å². The Morgan fingerprint density at radius 2 is 2.09 bits per heavy atom. The number of fused-ring (bicyclic) bond motifs is 1. The topological polar surface area (TPSA) is 60.2 Å². The first-order chi connectivity index (χ1) is 11.1. The third kappa shape index (κ3) is 3.10. The summed E-state index contributed by atoms with van der Waals surface area (Å²) in [6.45, 7) is 0.246. The third-order valence-electron chi connectivity index (χ3n) is 3.47. The van der Waals surface area contributed by atoms with Gasteiger partial charge < -0.3 is 19.0 Å². The Kier molecular flexibility index (Phi) is 4.12. The Balaban J connectivity index is 1.89. The number of halogens is 1. The van der Waals surface area contributed by atoms with E-state index in [0.717, 1.165) is 11.1 Å². The molecule has 0 amide bonds. The van der Waals surface area contributed by atoms with Crippen LogP contribution in [0.5, 0.6) is 11.5 Å². The van der Waals surface area contributed by atoms with Crippen molar-refractivity contribution >= 4 is 23.1 Å². The van der Waals surface area contributed by atoms with Crippen molar-refractivity contribution in [2.75, 3.05) is 7.11 Å². The van der Waals surface area contributed by atoms with E-state index >= 15 is 0 Å². The normalized spacial score (nSPS) is 10.7. The Morgan fingerprint density at radius 1 is 1.26 bits per heavy atom. The third-order valence-corrected chi connectivity index (χ3v) is 3.71. The van der Waals surface area contributed by atoms with Crippen LogP contribution in [-0.4, -0.2) is 22.6 Å². The fourth-order valence-electron chi connectivity index (χ4n) is 2.37. The standard InChI is InChI=1S/C17H14ClNO4/c1-22-16-7-12(18)5-4-11(16)10-23-14-8-13-3-2-6-19(13)15(9-14)17(20)21/h2-9H,10H2,1H3,(H,20,21). The summed E-state index contributed by atoms with van der Waals surface area (Å²) in [4.78, 5) is 11.4. The molecule has 1 aromatic carbocycles. The summed E-state index contributed by atoms with van der Waals surface area (Å²) in [5.41, 5.74) is 1.72. The van der Waals surface area contributed by atoms with Gasteiger partial charge in [-0.15, -0.1) is 0 Å². The van der Waals surface area contributed by atoms with E-state index in [0.29, 0.717) is 16.5 Å². The molecule has 3 rings (SSSR count). The number of pyridine rings is 1. The number of carboxylic acid groups (broad SMARTS) is 1. The molecule has 23 heavy (non-hydrogen) atoms. The molecule has 0 aliphatic rings. The van der Waals surface area contributed by atoms with Gasteiger partial charge in [0.2, 0.25) is 0 Å². The highest BCUT2D eigenvalue weighted by Crippen LogP contribution is 2.26. The van der Waals surface area contributed by atoms with Gasteiger partial charge in [-0.05, 0) is 24.3 Å². The molecule has 0 spiro atoms. The maximum Gasteiger partial charge on any atom is 0.353 e. The largest absolute Gasteiger partial charge is 0.496 e. The summed E-state index contributed by atoms with van der Waals surface area (Å²) in [7, 11) is 1.56. The lowest BCUT2D eigenvalue weighted by Gasteiger charge is -2.12. The van der Waals surface area contributed by atoms with Crippen molar-refractivity contribution in [1.82, 2.24) is 4.40 Å². The van der Waals surface area contributed by atoms with Gasteiger partial charge in [0.05, 0.1) is 7.11 Å². The number of hydrogen-bond acceptors (Lipinski definition) is 3. The Bertz CT molecular complexity index is 872. The van der Waals surface area contributed by atoms with Gasteiger partial charge in [-0.25, -0.2) is 4.79 Å². The molecule has 0 fully saturated rings. The van der Waals surface area contributed by atoms with Crippen LogP contribution in [-0.2, 0) is 6.61 Å².